The highest BCUT2D eigenvalue weighted by Crippen LogP contribution is 2.06. The first-order valence-electron chi connectivity index (χ1n) is 5.70. The topological polar surface area (TPSA) is 83.6 Å². The SMILES string of the molecule is CC(C)N(CCCC(=O)O)C(=O)CCCN. The van der Waals surface area contributed by atoms with Gasteiger partial charge in [-0.3, -0.25) is 9.59 Å². The summed E-state index contributed by atoms with van der Waals surface area (Å²) < 4.78 is 0. The Bertz CT molecular complexity index is 229. The number of amides is 1. The Labute approximate surface area is 96.6 Å². The minimum absolute atomic E-state index is 0.0610. The number of carbonyl (C=O) groups excluding carboxylic acids is 1. The van der Waals surface area contributed by atoms with Crippen molar-refractivity contribution in [2.24, 2.45) is 5.73 Å². The van der Waals surface area contributed by atoms with Crippen molar-refractivity contribution in [2.75, 3.05) is 13.1 Å². The van der Waals surface area contributed by atoms with Crippen LogP contribution in [-0.2, 0) is 9.59 Å². The number of nitrogens with zero attached hydrogens (tertiary/aromatic N) is 1. The number of carbonyl (C=O) groups is 2. The molecule has 16 heavy (non-hydrogen) atoms. The fourth-order valence-electron chi connectivity index (χ4n) is 1.47. The summed E-state index contributed by atoms with van der Waals surface area (Å²) in [4.78, 5) is 23.8. The van der Waals surface area contributed by atoms with Crippen LogP contribution in [-0.4, -0.2) is 41.0 Å². The van der Waals surface area contributed by atoms with E-state index < -0.39 is 5.97 Å². The van der Waals surface area contributed by atoms with Crippen LogP contribution in [0.1, 0.15) is 39.5 Å². The summed E-state index contributed by atoms with van der Waals surface area (Å²) in [5.41, 5.74) is 5.34. The first-order valence-corrected chi connectivity index (χ1v) is 5.70. The molecule has 0 saturated carbocycles. The van der Waals surface area contributed by atoms with E-state index in [2.05, 4.69) is 0 Å². The second-order valence-electron chi connectivity index (χ2n) is 4.07. The number of hydrogen-bond donors (Lipinski definition) is 2. The molecule has 0 rings (SSSR count). The minimum Gasteiger partial charge on any atom is -0.481 e. The van der Waals surface area contributed by atoms with Crippen molar-refractivity contribution in [2.45, 2.75) is 45.6 Å². The lowest BCUT2D eigenvalue weighted by Crippen LogP contribution is -2.38. The van der Waals surface area contributed by atoms with Gasteiger partial charge in [0.05, 0.1) is 0 Å². The van der Waals surface area contributed by atoms with Gasteiger partial charge in [-0.2, -0.15) is 0 Å². The van der Waals surface area contributed by atoms with Crippen LogP contribution in [0.25, 0.3) is 0 Å². The molecule has 0 heterocycles. The van der Waals surface area contributed by atoms with E-state index in [1.807, 2.05) is 13.8 Å². The van der Waals surface area contributed by atoms with E-state index in [1.165, 1.54) is 0 Å². The number of aliphatic carboxylic acids is 1. The summed E-state index contributed by atoms with van der Waals surface area (Å²) in [6, 6.07) is 0.110. The lowest BCUT2D eigenvalue weighted by molar-refractivity contribution is -0.138. The molecule has 0 aliphatic heterocycles. The van der Waals surface area contributed by atoms with E-state index in [9.17, 15) is 9.59 Å². The van der Waals surface area contributed by atoms with E-state index in [1.54, 1.807) is 4.90 Å². The molecule has 0 unspecified atom stereocenters. The Hall–Kier alpha value is -1.10. The summed E-state index contributed by atoms with van der Waals surface area (Å²) in [6.45, 7) is 4.88. The fraction of sp³-hybridized carbons (Fsp3) is 0.818. The largest absolute Gasteiger partial charge is 0.481 e. The number of nitrogens with two attached hydrogens (primary N) is 1. The van der Waals surface area contributed by atoms with Gasteiger partial charge in [0.15, 0.2) is 0 Å². The van der Waals surface area contributed by atoms with Crippen molar-refractivity contribution in [3.63, 3.8) is 0 Å². The van der Waals surface area contributed by atoms with Crippen LogP contribution in [0.4, 0.5) is 0 Å². The van der Waals surface area contributed by atoms with Crippen LogP contribution in [0.15, 0.2) is 0 Å². The number of hydrogen-bond acceptors (Lipinski definition) is 3. The van der Waals surface area contributed by atoms with Gasteiger partial charge in [0.1, 0.15) is 0 Å². The number of rotatable bonds is 8. The fourth-order valence-corrected chi connectivity index (χ4v) is 1.47. The van der Waals surface area contributed by atoms with Gasteiger partial charge in [0, 0.05) is 25.4 Å². The molecule has 5 heteroatoms. The third kappa shape index (κ3) is 6.40. The molecule has 0 atom stereocenters. The molecule has 0 aliphatic rings. The summed E-state index contributed by atoms with van der Waals surface area (Å²) >= 11 is 0. The van der Waals surface area contributed by atoms with Crippen molar-refractivity contribution < 1.29 is 14.7 Å². The van der Waals surface area contributed by atoms with Crippen molar-refractivity contribution in [3.8, 4) is 0 Å². The normalized spacial score (nSPS) is 10.5. The van der Waals surface area contributed by atoms with E-state index >= 15 is 0 Å². The first-order chi connectivity index (χ1) is 7.49. The summed E-state index contributed by atoms with van der Waals surface area (Å²) in [5.74, 6) is -0.760. The maximum atomic E-state index is 11.7. The Kier molecular flexibility index (Phi) is 7.54. The minimum atomic E-state index is -0.821. The van der Waals surface area contributed by atoms with Crippen LogP contribution in [0.5, 0.6) is 0 Å². The van der Waals surface area contributed by atoms with Gasteiger partial charge in [0.25, 0.3) is 0 Å². The van der Waals surface area contributed by atoms with Crippen molar-refractivity contribution in [1.29, 1.82) is 0 Å². The number of carboxylic acid groups (broad SMARTS) is 1. The number of carboxylic acids is 1. The van der Waals surface area contributed by atoms with Gasteiger partial charge in [-0.05, 0) is 33.2 Å². The highest BCUT2D eigenvalue weighted by atomic mass is 16.4. The van der Waals surface area contributed by atoms with E-state index in [4.69, 9.17) is 10.8 Å². The molecular weight excluding hydrogens is 208 g/mol. The predicted octanol–water partition coefficient (Wildman–Crippen LogP) is 0.827. The maximum Gasteiger partial charge on any atom is 0.303 e. The van der Waals surface area contributed by atoms with Crippen LogP contribution >= 0.6 is 0 Å². The van der Waals surface area contributed by atoms with Crippen LogP contribution < -0.4 is 5.73 Å². The molecule has 0 aromatic carbocycles. The zero-order chi connectivity index (χ0) is 12.6. The Balaban J connectivity index is 4.05. The molecular formula is C11H22N2O3. The zero-order valence-electron chi connectivity index (χ0n) is 10.1. The Morgan fingerprint density at radius 3 is 2.31 bits per heavy atom. The molecule has 0 aromatic rings. The quantitative estimate of drug-likeness (QED) is 0.647. The van der Waals surface area contributed by atoms with E-state index in [-0.39, 0.29) is 18.4 Å². The average Bonchev–Trinajstić information content (AvgIpc) is 2.20. The first kappa shape index (κ1) is 14.9. The predicted molar refractivity (Wildman–Crippen MR) is 62.0 cm³/mol. The molecule has 0 spiro atoms. The molecule has 0 fully saturated rings. The molecule has 94 valence electrons. The summed E-state index contributed by atoms with van der Waals surface area (Å²) in [5, 5.41) is 8.53. The highest BCUT2D eigenvalue weighted by molar-refractivity contribution is 5.76. The molecule has 0 aromatic heterocycles. The van der Waals surface area contributed by atoms with Gasteiger partial charge in [-0.25, -0.2) is 0 Å². The lowest BCUT2D eigenvalue weighted by atomic mass is 10.2. The Morgan fingerprint density at radius 2 is 1.88 bits per heavy atom. The molecule has 0 radical (unpaired) electrons. The molecule has 0 aliphatic carbocycles. The van der Waals surface area contributed by atoms with E-state index in [0.717, 1.165) is 0 Å². The molecule has 0 saturated heterocycles. The van der Waals surface area contributed by atoms with Gasteiger partial charge in [-0.15, -0.1) is 0 Å². The van der Waals surface area contributed by atoms with Gasteiger partial charge < -0.3 is 15.7 Å². The second kappa shape index (κ2) is 8.10. The lowest BCUT2D eigenvalue weighted by Gasteiger charge is -2.26. The van der Waals surface area contributed by atoms with Gasteiger partial charge >= 0.3 is 5.97 Å². The summed E-state index contributed by atoms with van der Waals surface area (Å²) in [7, 11) is 0. The smallest absolute Gasteiger partial charge is 0.303 e. The highest BCUT2D eigenvalue weighted by Gasteiger charge is 2.16. The third-order valence-electron chi connectivity index (χ3n) is 2.33. The van der Waals surface area contributed by atoms with Crippen molar-refractivity contribution in [1.82, 2.24) is 4.90 Å². The maximum absolute atomic E-state index is 11.7. The monoisotopic (exact) mass is 230 g/mol. The average molecular weight is 230 g/mol. The van der Waals surface area contributed by atoms with Crippen LogP contribution in [0.2, 0.25) is 0 Å². The molecule has 3 N–H and O–H groups in total. The van der Waals surface area contributed by atoms with Crippen molar-refractivity contribution >= 4 is 11.9 Å². The standard InChI is InChI=1S/C11H22N2O3/c1-9(2)13(8-4-6-11(15)16)10(14)5-3-7-12/h9H,3-8,12H2,1-2H3,(H,15,16). The van der Waals surface area contributed by atoms with Gasteiger partial charge in [-0.1, -0.05) is 0 Å². The van der Waals surface area contributed by atoms with Crippen molar-refractivity contribution in [3.05, 3.63) is 0 Å². The molecule has 0 bridgehead atoms. The summed E-state index contributed by atoms with van der Waals surface area (Å²) in [6.07, 6.45) is 1.73. The Morgan fingerprint density at radius 1 is 1.25 bits per heavy atom. The second-order valence-corrected chi connectivity index (χ2v) is 4.07. The third-order valence-corrected chi connectivity index (χ3v) is 2.33. The molecule has 1 amide bonds. The van der Waals surface area contributed by atoms with E-state index in [0.29, 0.717) is 32.4 Å². The molecule has 5 nitrogen and oxygen atoms in total. The van der Waals surface area contributed by atoms with Crippen LogP contribution in [0.3, 0.4) is 0 Å². The van der Waals surface area contributed by atoms with Crippen LogP contribution in [0, 0.1) is 0 Å². The zero-order valence-corrected chi connectivity index (χ0v) is 10.1. The van der Waals surface area contributed by atoms with Gasteiger partial charge in [0.2, 0.25) is 5.91 Å².